The van der Waals surface area contributed by atoms with Gasteiger partial charge in [-0.1, -0.05) is 49.4 Å². The predicted molar refractivity (Wildman–Crippen MR) is 90.7 cm³/mol. The van der Waals surface area contributed by atoms with Crippen LogP contribution < -0.4 is 4.72 Å². The lowest BCUT2D eigenvalue weighted by molar-refractivity contribution is -0.142. The number of methoxy groups -OCH3 is 1. The quantitative estimate of drug-likeness (QED) is 0.788. The summed E-state index contributed by atoms with van der Waals surface area (Å²) in [7, 11) is -2.25. The summed E-state index contributed by atoms with van der Waals surface area (Å²) in [5.41, 5.74) is 0.901. The number of fused-ring (bicyclic) bond motifs is 1. The van der Waals surface area contributed by atoms with Crippen molar-refractivity contribution in [3.8, 4) is 0 Å². The normalized spacial score (nSPS) is 13.0. The molecule has 1 N–H and O–H groups in total. The van der Waals surface area contributed by atoms with Crippen molar-refractivity contribution >= 4 is 26.8 Å². The lowest BCUT2D eigenvalue weighted by Gasteiger charge is -2.17. The van der Waals surface area contributed by atoms with Crippen molar-refractivity contribution in [1.29, 1.82) is 0 Å². The molecule has 0 bridgehead atoms. The van der Waals surface area contributed by atoms with Crippen molar-refractivity contribution < 1.29 is 17.9 Å². The van der Waals surface area contributed by atoms with Crippen molar-refractivity contribution in [2.75, 3.05) is 12.9 Å². The molecule has 0 fully saturated rings. The molecule has 2 rings (SSSR count). The highest BCUT2D eigenvalue weighted by atomic mass is 32.2. The number of nitrogens with one attached hydrogen (secondary N) is 1. The number of rotatable bonds is 7. The van der Waals surface area contributed by atoms with Crippen molar-refractivity contribution in [3.05, 3.63) is 48.0 Å². The molecule has 5 nitrogen and oxygen atoms in total. The minimum absolute atomic E-state index is 0.0178. The minimum atomic E-state index is -3.51. The largest absolute Gasteiger partial charge is 0.468 e. The van der Waals surface area contributed by atoms with Crippen molar-refractivity contribution in [1.82, 2.24) is 4.72 Å². The first-order chi connectivity index (χ1) is 11.0. The molecule has 2 aromatic rings. The molecular weight excluding hydrogens is 314 g/mol. The molecule has 0 aliphatic rings. The van der Waals surface area contributed by atoms with Gasteiger partial charge in [-0.15, -0.1) is 0 Å². The summed E-state index contributed by atoms with van der Waals surface area (Å²) in [4.78, 5) is 12.0. The summed E-state index contributed by atoms with van der Waals surface area (Å²) in [5, 5.41) is 2.05. The Hall–Kier alpha value is -1.92. The molecule has 0 saturated carbocycles. The number of carbonyl (C=O) groups is 1. The summed E-state index contributed by atoms with van der Waals surface area (Å²) >= 11 is 0. The van der Waals surface area contributed by atoms with E-state index < -0.39 is 22.0 Å². The second kappa shape index (κ2) is 7.57. The fourth-order valence-electron chi connectivity index (χ4n) is 2.55. The van der Waals surface area contributed by atoms with Gasteiger partial charge in [0.05, 0.1) is 12.9 Å². The molecule has 0 saturated heterocycles. The lowest BCUT2D eigenvalue weighted by Crippen LogP contribution is -2.43. The van der Waals surface area contributed by atoms with Crippen LogP contribution in [0.5, 0.6) is 0 Å². The SMILES string of the molecule is CCCS(=O)(=O)N[C@@H](Cc1cccc2ccccc12)C(=O)OC. The van der Waals surface area contributed by atoms with E-state index in [4.69, 9.17) is 4.74 Å². The molecule has 2 aromatic carbocycles. The Bertz CT molecular complexity index is 781. The second-order valence-corrected chi connectivity index (χ2v) is 7.23. The number of hydrogen-bond acceptors (Lipinski definition) is 4. The van der Waals surface area contributed by atoms with Crippen molar-refractivity contribution in [2.45, 2.75) is 25.8 Å². The van der Waals surface area contributed by atoms with Gasteiger partial charge in [-0.05, 0) is 22.8 Å². The van der Waals surface area contributed by atoms with Gasteiger partial charge in [-0.3, -0.25) is 4.79 Å². The third-order valence-electron chi connectivity index (χ3n) is 3.58. The molecule has 0 aromatic heterocycles. The van der Waals surface area contributed by atoms with E-state index in [1.807, 2.05) is 42.5 Å². The second-order valence-electron chi connectivity index (χ2n) is 5.35. The van der Waals surface area contributed by atoms with E-state index in [-0.39, 0.29) is 12.2 Å². The highest BCUT2D eigenvalue weighted by Gasteiger charge is 2.25. The van der Waals surface area contributed by atoms with Gasteiger partial charge in [0.2, 0.25) is 10.0 Å². The topological polar surface area (TPSA) is 72.5 Å². The third-order valence-corrected chi connectivity index (χ3v) is 5.17. The van der Waals surface area contributed by atoms with Crippen LogP contribution in [0, 0.1) is 0 Å². The molecule has 0 aliphatic carbocycles. The standard InChI is InChI=1S/C17H21NO4S/c1-3-11-23(20,21)18-16(17(19)22-2)12-14-9-6-8-13-7-4-5-10-15(13)14/h4-10,16,18H,3,11-12H2,1-2H3/t16-/m0/s1. The van der Waals surface area contributed by atoms with Crippen LogP contribution >= 0.6 is 0 Å². The van der Waals surface area contributed by atoms with E-state index in [1.165, 1.54) is 7.11 Å². The van der Waals surface area contributed by atoms with Gasteiger partial charge in [-0.25, -0.2) is 13.1 Å². The van der Waals surface area contributed by atoms with E-state index in [0.29, 0.717) is 6.42 Å². The van der Waals surface area contributed by atoms with E-state index in [2.05, 4.69) is 4.72 Å². The van der Waals surface area contributed by atoms with Crippen LogP contribution in [-0.2, 0) is 26.0 Å². The number of ether oxygens (including phenoxy) is 1. The summed E-state index contributed by atoms with van der Waals surface area (Å²) in [6.07, 6.45) is 0.731. The summed E-state index contributed by atoms with van der Waals surface area (Å²) in [6, 6.07) is 12.6. The first-order valence-electron chi connectivity index (χ1n) is 7.51. The van der Waals surface area contributed by atoms with Crippen molar-refractivity contribution in [2.24, 2.45) is 0 Å². The van der Waals surface area contributed by atoms with Crippen LogP contribution in [0.2, 0.25) is 0 Å². The third kappa shape index (κ3) is 4.53. The zero-order chi connectivity index (χ0) is 16.9. The molecule has 23 heavy (non-hydrogen) atoms. The molecule has 1 atom stereocenters. The van der Waals surface area contributed by atoms with E-state index in [9.17, 15) is 13.2 Å². The molecule has 124 valence electrons. The Morgan fingerprint density at radius 2 is 1.87 bits per heavy atom. The average molecular weight is 335 g/mol. The van der Waals surface area contributed by atoms with Crippen LogP contribution in [0.1, 0.15) is 18.9 Å². The summed E-state index contributed by atoms with van der Waals surface area (Å²) < 4.78 is 31.2. The zero-order valence-corrected chi connectivity index (χ0v) is 14.1. The van der Waals surface area contributed by atoms with Gasteiger partial charge in [0.25, 0.3) is 0 Å². The smallest absolute Gasteiger partial charge is 0.324 e. The van der Waals surface area contributed by atoms with E-state index >= 15 is 0 Å². The monoisotopic (exact) mass is 335 g/mol. The first kappa shape index (κ1) is 17.4. The zero-order valence-electron chi connectivity index (χ0n) is 13.3. The highest BCUT2D eigenvalue weighted by Crippen LogP contribution is 2.20. The Balaban J connectivity index is 2.32. The maximum Gasteiger partial charge on any atom is 0.324 e. The van der Waals surface area contributed by atoms with Crippen LogP contribution in [0.25, 0.3) is 10.8 Å². The lowest BCUT2D eigenvalue weighted by atomic mass is 9.99. The minimum Gasteiger partial charge on any atom is -0.468 e. The fraction of sp³-hybridized carbons (Fsp3) is 0.353. The Labute approximate surface area is 136 Å². The number of sulfonamides is 1. The van der Waals surface area contributed by atoms with Gasteiger partial charge in [0.15, 0.2) is 0 Å². The van der Waals surface area contributed by atoms with Gasteiger partial charge in [0, 0.05) is 6.42 Å². The van der Waals surface area contributed by atoms with Gasteiger partial charge in [-0.2, -0.15) is 0 Å². The Morgan fingerprint density at radius 1 is 1.17 bits per heavy atom. The molecule has 0 radical (unpaired) electrons. The fourth-order valence-corrected chi connectivity index (χ4v) is 3.82. The number of carbonyl (C=O) groups excluding carboxylic acids is 1. The first-order valence-corrected chi connectivity index (χ1v) is 9.16. The maximum absolute atomic E-state index is 12.0. The number of benzene rings is 2. The predicted octanol–water partition coefficient (Wildman–Crippen LogP) is 2.25. The molecule has 0 spiro atoms. The highest BCUT2D eigenvalue weighted by molar-refractivity contribution is 7.89. The molecular formula is C17H21NO4S. The molecule has 0 heterocycles. The van der Waals surface area contributed by atoms with Crippen LogP contribution in [0.3, 0.4) is 0 Å². The number of hydrogen-bond donors (Lipinski definition) is 1. The Morgan fingerprint density at radius 3 is 2.57 bits per heavy atom. The van der Waals surface area contributed by atoms with Crippen LogP contribution in [0.4, 0.5) is 0 Å². The van der Waals surface area contributed by atoms with Gasteiger partial charge >= 0.3 is 5.97 Å². The van der Waals surface area contributed by atoms with Crippen LogP contribution in [-0.4, -0.2) is 33.3 Å². The Kier molecular flexibility index (Phi) is 5.74. The molecule has 0 unspecified atom stereocenters. The molecule has 6 heteroatoms. The van der Waals surface area contributed by atoms with E-state index in [1.54, 1.807) is 6.92 Å². The summed E-state index contributed by atoms with van der Waals surface area (Å²) in [5.74, 6) is -0.603. The van der Waals surface area contributed by atoms with Gasteiger partial charge in [0.1, 0.15) is 6.04 Å². The van der Waals surface area contributed by atoms with Crippen molar-refractivity contribution in [3.63, 3.8) is 0 Å². The van der Waals surface area contributed by atoms with E-state index in [0.717, 1.165) is 16.3 Å². The van der Waals surface area contributed by atoms with Crippen LogP contribution in [0.15, 0.2) is 42.5 Å². The number of esters is 1. The molecule has 0 amide bonds. The summed E-state index contributed by atoms with van der Waals surface area (Å²) in [6.45, 7) is 1.77. The van der Waals surface area contributed by atoms with Gasteiger partial charge < -0.3 is 4.74 Å². The molecule has 0 aliphatic heterocycles. The maximum atomic E-state index is 12.0. The average Bonchev–Trinajstić information content (AvgIpc) is 2.53.